The maximum absolute atomic E-state index is 13.8. The second-order valence-corrected chi connectivity index (χ2v) is 11.4. The number of amides is 1. The first-order valence-corrected chi connectivity index (χ1v) is 13.5. The molecule has 0 saturated carbocycles. The van der Waals surface area contributed by atoms with Gasteiger partial charge < -0.3 is 10.6 Å². The average molecular weight is 514 g/mol. The lowest BCUT2D eigenvalue weighted by Crippen LogP contribution is -2.50. The van der Waals surface area contributed by atoms with E-state index in [-0.39, 0.29) is 22.4 Å². The molecule has 10 heteroatoms. The van der Waals surface area contributed by atoms with E-state index in [0.717, 1.165) is 37.1 Å². The van der Waals surface area contributed by atoms with Crippen molar-refractivity contribution < 1.29 is 13.2 Å². The summed E-state index contributed by atoms with van der Waals surface area (Å²) in [5.41, 5.74) is 2.48. The van der Waals surface area contributed by atoms with Crippen molar-refractivity contribution in [2.45, 2.75) is 42.8 Å². The summed E-state index contributed by atoms with van der Waals surface area (Å²) in [5.74, 6) is -0.225. The van der Waals surface area contributed by atoms with E-state index in [0.29, 0.717) is 22.8 Å². The van der Waals surface area contributed by atoms with Gasteiger partial charge in [-0.25, -0.2) is 0 Å². The number of nitrogens with zero attached hydrogens (tertiary/aromatic N) is 3. The van der Waals surface area contributed by atoms with E-state index in [4.69, 9.17) is 11.6 Å². The predicted octanol–water partition coefficient (Wildman–Crippen LogP) is 3.22. The predicted molar refractivity (Wildman–Crippen MR) is 135 cm³/mol. The number of piperidine rings is 1. The van der Waals surface area contributed by atoms with Gasteiger partial charge >= 0.3 is 0 Å². The van der Waals surface area contributed by atoms with Crippen LogP contribution in [0.2, 0.25) is 5.02 Å². The third-order valence-corrected chi connectivity index (χ3v) is 9.70. The SMILES string of the molecule is CC1N(S(=O)(=O)c2ccnn2C)c2ccc(C(=O)NCc3ccccc3Cl)cc2C12CCNCC2. The van der Waals surface area contributed by atoms with Gasteiger partial charge in [0.05, 0.1) is 17.9 Å². The second-order valence-electron chi connectivity index (χ2n) is 9.18. The molecule has 3 heterocycles. The minimum Gasteiger partial charge on any atom is -0.348 e. The van der Waals surface area contributed by atoms with Gasteiger partial charge in [-0.3, -0.25) is 13.8 Å². The first kappa shape index (κ1) is 23.8. The van der Waals surface area contributed by atoms with Crippen LogP contribution in [0.25, 0.3) is 0 Å². The number of sulfonamides is 1. The number of carbonyl (C=O) groups is 1. The molecule has 1 unspecified atom stereocenters. The van der Waals surface area contributed by atoms with Crippen LogP contribution in [0.3, 0.4) is 0 Å². The van der Waals surface area contributed by atoms with Gasteiger partial charge in [0.2, 0.25) is 0 Å². The molecule has 1 spiro atoms. The third kappa shape index (κ3) is 3.91. The Labute approximate surface area is 210 Å². The van der Waals surface area contributed by atoms with Crippen molar-refractivity contribution in [2.75, 3.05) is 17.4 Å². The van der Waals surface area contributed by atoms with E-state index < -0.39 is 10.0 Å². The molecule has 1 amide bonds. The van der Waals surface area contributed by atoms with Crippen LogP contribution in [0.1, 0.15) is 41.3 Å². The highest BCUT2D eigenvalue weighted by Gasteiger charge is 2.53. The van der Waals surface area contributed by atoms with Crippen molar-refractivity contribution in [3.8, 4) is 0 Å². The van der Waals surface area contributed by atoms with Crippen LogP contribution in [0.4, 0.5) is 5.69 Å². The van der Waals surface area contributed by atoms with E-state index in [2.05, 4.69) is 15.7 Å². The third-order valence-electron chi connectivity index (χ3n) is 7.38. The Bertz CT molecular complexity index is 1380. The van der Waals surface area contributed by atoms with Crippen LogP contribution in [-0.2, 0) is 29.0 Å². The number of fused-ring (bicyclic) bond motifs is 2. The topological polar surface area (TPSA) is 96.3 Å². The zero-order valence-electron chi connectivity index (χ0n) is 19.7. The molecule has 2 aliphatic heterocycles. The number of carbonyl (C=O) groups excluding carboxylic acids is 1. The normalized spacial score (nSPS) is 19.1. The Morgan fingerprint density at radius 3 is 2.63 bits per heavy atom. The van der Waals surface area contributed by atoms with Gasteiger partial charge in [0.15, 0.2) is 5.03 Å². The molecule has 35 heavy (non-hydrogen) atoms. The molecule has 1 atom stereocenters. The van der Waals surface area contributed by atoms with Crippen molar-refractivity contribution in [1.82, 2.24) is 20.4 Å². The van der Waals surface area contributed by atoms with Gasteiger partial charge in [-0.1, -0.05) is 29.8 Å². The largest absolute Gasteiger partial charge is 0.348 e. The summed E-state index contributed by atoms with van der Waals surface area (Å²) in [6.45, 7) is 3.84. The fraction of sp³-hybridized carbons (Fsp3) is 0.360. The first-order valence-electron chi connectivity index (χ1n) is 11.6. The quantitative estimate of drug-likeness (QED) is 0.546. The highest BCUT2D eigenvalue weighted by atomic mass is 35.5. The highest BCUT2D eigenvalue weighted by molar-refractivity contribution is 7.92. The molecular weight excluding hydrogens is 486 g/mol. The van der Waals surface area contributed by atoms with Crippen LogP contribution in [0.5, 0.6) is 0 Å². The van der Waals surface area contributed by atoms with Crippen LogP contribution in [0, 0.1) is 0 Å². The van der Waals surface area contributed by atoms with E-state index in [1.165, 1.54) is 21.3 Å². The molecule has 0 radical (unpaired) electrons. The summed E-state index contributed by atoms with van der Waals surface area (Å²) in [6.07, 6.45) is 3.05. The summed E-state index contributed by atoms with van der Waals surface area (Å²) >= 11 is 6.23. The number of anilines is 1. The lowest BCUT2D eigenvalue weighted by atomic mass is 9.70. The minimum absolute atomic E-state index is 0.142. The van der Waals surface area contributed by atoms with Gasteiger partial charge in [0.25, 0.3) is 15.9 Å². The Morgan fingerprint density at radius 2 is 1.94 bits per heavy atom. The molecule has 2 aromatic carbocycles. The van der Waals surface area contributed by atoms with Gasteiger partial charge in [0, 0.05) is 29.6 Å². The van der Waals surface area contributed by atoms with Gasteiger partial charge in [0.1, 0.15) is 0 Å². The average Bonchev–Trinajstić information content (AvgIpc) is 3.39. The highest BCUT2D eigenvalue weighted by Crippen LogP contribution is 2.52. The molecule has 0 aliphatic carbocycles. The molecule has 2 aliphatic rings. The lowest BCUT2D eigenvalue weighted by Gasteiger charge is -2.40. The van der Waals surface area contributed by atoms with E-state index in [9.17, 15) is 13.2 Å². The van der Waals surface area contributed by atoms with Gasteiger partial charge in [-0.15, -0.1) is 0 Å². The number of benzene rings is 2. The minimum atomic E-state index is -3.85. The summed E-state index contributed by atoms with van der Waals surface area (Å²) in [6, 6.07) is 13.9. The van der Waals surface area contributed by atoms with Crippen LogP contribution in [0.15, 0.2) is 59.8 Å². The monoisotopic (exact) mass is 513 g/mol. The summed E-state index contributed by atoms with van der Waals surface area (Å²) in [5, 5.41) is 11.1. The van der Waals surface area contributed by atoms with Gasteiger partial charge in [-0.2, -0.15) is 13.5 Å². The number of halogens is 1. The molecule has 3 aromatic rings. The van der Waals surface area contributed by atoms with Crippen molar-refractivity contribution in [3.63, 3.8) is 0 Å². The Balaban J connectivity index is 1.53. The second kappa shape index (κ2) is 8.96. The fourth-order valence-corrected chi connectivity index (χ4v) is 7.51. The number of hydrogen-bond acceptors (Lipinski definition) is 5. The standard InChI is InChI=1S/C25H28ClN5O3S/c1-17-25(10-13-27-14-11-25)20-15-18(24(32)28-16-19-5-3-4-6-21(19)26)7-8-22(20)31(17)35(33,34)23-9-12-29-30(23)2/h3-9,12,15,17,27H,10-11,13-14,16H2,1-2H3,(H,28,32). The Kier molecular flexibility index (Phi) is 6.11. The van der Waals surface area contributed by atoms with E-state index in [1.54, 1.807) is 25.2 Å². The van der Waals surface area contributed by atoms with E-state index >= 15 is 0 Å². The molecule has 1 saturated heterocycles. The fourth-order valence-electron chi connectivity index (χ4n) is 5.46. The van der Waals surface area contributed by atoms with Crippen molar-refractivity contribution in [1.29, 1.82) is 0 Å². The maximum Gasteiger partial charge on any atom is 0.281 e. The molecule has 2 N–H and O–H groups in total. The first-order chi connectivity index (χ1) is 16.8. The summed E-state index contributed by atoms with van der Waals surface area (Å²) < 4.78 is 30.5. The zero-order chi connectivity index (χ0) is 24.8. The Hall–Kier alpha value is -2.88. The van der Waals surface area contributed by atoms with Crippen LogP contribution < -0.4 is 14.9 Å². The molecule has 1 aromatic heterocycles. The molecular formula is C25H28ClN5O3S. The number of aromatic nitrogens is 2. The molecule has 0 bridgehead atoms. The number of aryl methyl sites for hydroxylation is 1. The van der Waals surface area contributed by atoms with Crippen molar-refractivity contribution >= 4 is 33.2 Å². The molecule has 5 rings (SSSR count). The summed E-state index contributed by atoms with van der Waals surface area (Å²) in [7, 11) is -2.22. The van der Waals surface area contributed by atoms with Crippen LogP contribution >= 0.6 is 11.6 Å². The molecule has 8 nitrogen and oxygen atoms in total. The lowest BCUT2D eigenvalue weighted by molar-refractivity contribution is 0.0950. The van der Waals surface area contributed by atoms with Crippen molar-refractivity contribution in [3.05, 3.63) is 76.4 Å². The number of nitrogens with one attached hydrogen (secondary N) is 2. The molecule has 1 fully saturated rings. The summed E-state index contributed by atoms with van der Waals surface area (Å²) in [4.78, 5) is 13.1. The van der Waals surface area contributed by atoms with Crippen molar-refractivity contribution in [2.24, 2.45) is 7.05 Å². The van der Waals surface area contributed by atoms with E-state index in [1.807, 2.05) is 31.2 Å². The zero-order valence-corrected chi connectivity index (χ0v) is 21.2. The smallest absolute Gasteiger partial charge is 0.281 e. The maximum atomic E-state index is 13.8. The van der Waals surface area contributed by atoms with Gasteiger partial charge in [-0.05, 0) is 74.3 Å². The molecule has 184 valence electrons. The Morgan fingerprint density at radius 1 is 1.20 bits per heavy atom. The number of hydrogen-bond donors (Lipinski definition) is 2. The number of rotatable bonds is 5. The van der Waals surface area contributed by atoms with Crippen LogP contribution in [-0.4, -0.2) is 43.2 Å².